The number of hydrogen-bond donors (Lipinski definition) is 4. The van der Waals surface area contributed by atoms with E-state index in [9.17, 15) is 13.2 Å². The van der Waals surface area contributed by atoms with Gasteiger partial charge in [-0.2, -0.15) is 8.42 Å². The number of guanidine groups is 1. The first-order valence-corrected chi connectivity index (χ1v) is 10.9. The Balaban J connectivity index is 0.000000500. The van der Waals surface area contributed by atoms with Gasteiger partial charge in [0.1, 0.15) is 0 Å². The van der Waals surface area contributed by atoms with Gasteiger partial charge in [0, 0.05) is 15.6 Å². The van der Waals surface area contributed by atoms with Crippen molar-refractivity contribution in [3.05, 3.63) is 57.4 Å². The summed E-state index contributed by atoms with van der Waals surface area (Å²) in [5.41, 5.74) is 6.91. The summed E-state index contributed by atoms with van der Waals surface area (Å²) in [6.07, 6.45) is 0.715. The predicted octanol–water partition coefficient (Wildman–Crippen LogP) is 4.00. The number of fused-ring (bicyclic) bond motifs is 1. The molecule has 7 nitrogen and oxygen atoms in total. The van der Waals surface area contributed by atoms with E-state index in [-0.39, 0.29) is 5.96 Å². The number of halogens is 2. The molecule has 2 aromatic carbocycles. The molecule has 0 aliphatic carbocycles. The van der Waals surface area contributed by atoms with Gasteiger partial charge >= 0.3 is 0 Å². The molecule has 0 unspecified atom stereocenters. The maximum atomic E-state index is 12.0. The number of thiophene rings is 1. The third kappa shape index (κ3) is 5.91. The highest BCUT2D eigenvalue weighted by Crippen LogP contribution is 2.39. The lowest BCUT2D eigenvalue weighted by Crippen LogP contribution is -2.35. The summed E-state index contributed by atoms with van der Waals surface area (Å²) in [6.45, 7) is 0. The lowest BCUT2D eigenvalue weighted by atomic mass is 10.0. The summed E-state index contributed by atoms with van der Waals surface area (Å²) >= 11 is 13.7. The van der Waals surface area contributed by atoms with E-state index < -0.39 is 16.0 Å². The van der Waals surface area contributed by atoms with E-state index in [1.54, 1.807) is 12.1 Å². The maximum absolute atomic E-state index is 12.0. The number of carbonyl (C=O) groups excluding carboxylic acids is 1. The molecule has 5 N–H and O–H groups in total. The average molecular weight is 460 g/mol. The van der Waals surface area contributed by atoms with Gasteiger partial charge in [0.05, 0.1) is 21.2 Å². The number of nitrogens with two attached hydrogens (primary N) is 1. The van der Waals surface area contributed by atoms with Gasteiger partial charge in [0.25, 0.3) is 16.0 Å². The van der Waals surface area contributed by atoms with Crippen LogP contribution in [0.2, 0.25) is 10.0 Å². The fraction of sp³-hybridized carbons (Fsp3) is 0.0588. The first-order valence-electron chi connectivity index (χ1n) is 7.52. The van der Waals surface area contributed by atoms with Crippen LogP contribution in [0.15, 0.2) is 42.5 Å². The summed E-state index contributed by atoms with van der Waals surface area (Å²) in [4.78, 5) is 12.5. The van der Waals surface area contributed by atoms with Crippen molar-refractivity contribution in [1.29, 1.82) is 5.41 Å². The van der Waals surface area contributed by atoms with Gasteiger partial charge in [-0.25, -0.2) is 0 Å². The van der Waals surface area contributed by atoms with Crippen LogP contribution in [0.3, 0.4) is 0 Å². The van der Waals surface area contributed by atoms with E-state index in [2.05, 4.69) is 5.32 Å². The molecule has 0 aliphatic heterocycles. The van der Waals surface area contributed by atoms with E-state index in [0.29, 0.717) is 21.2 Å². The van der Waals surface area contributed by atoms with Crippen molar-refractivity contribution in [2.75, 3.05) is 6.26 Å². The zero-order valence-electron chi connectivity index (χ0n) is 14.4. The normalized spacial score (nSPS) is 10.9. The van der Waals surface area contributed by atoms with Gasteiger partial charge in [-0.3, -0.25) is 20.1 Å². The monoisotopic (exact) mass is 459 g/mol. The van der Waals surface area contributed by atoms with Crippen molar-refractivity contribution in [2.24, 2.45) is 5.73 Å². The van der Waals surface area contributed by atoms with E-state index in [1.807, 2.05) is 30.3 Å². The Morgan fingerprint density at radius 3 is 2.36 bits per heavy atom. The second-order valence-corrected chi connectivity index (χ2v) is 8.87. The molecule has 11 heteroatoms. The Kier molecular flexibility index (Phi) is 7.02. The molecule has 0 radical (unpaired) electrons. The van der Waals surface area contributed by atoms with E-state index in [0.717, 1.165) is 21.2 Å². The molecule has 1 aromatic heterocycles. The number of amides is 1. The van der Waals surface area contributed by atoms with Crippen LogP contribution in [0, 0.1) is 5.41 Å². The average Bonchev–Trinajstić information content (AvgIpc) is 3.00. The summed E-state index contributed by atoms with van der Waals surface area (Å²) < 4.78 is 26.8. The summed E-state index contributed by atoms with van der Waals surface area (Å²) in [6, 6.07) is 13.0. The summed E-state index contributed by atoms with van der Waals surface area (Å²) in [5, 5.41) is 11.3. The van der Waals surface area contributed by atoms with Crippen molar-refractivity contribution in [3.8, 4) is 11.1 Å². The van der Waals surface area contributed by atoms with Gasteiger partial charge in [-0.15, -0.1) is 11.3 Å². The van der Waals surface area contributed by atoms with Crippen molar-refractivity contribution >= 4 is 66.6 Å². The van der Waals surface area contributed by atoms with Crippen LogP contribution >= 0.6 is 34.5 Å². The Morgan fingerprint density at radius 1 is 1.18 bits per heavy atom. The van der Waals surface area contributed by atoms with Crippen LogP contribution in [0.4, 0.5) is 0 Å². The predicted molar refractivity (Wildman–Crippen MR) is 114 cm³/mol. The highest BCUT2D eigenvalue weighted by Gasteiger charge is 2.15. The molecule has 1 heterocycles. The fourth-order valence-corrected chi connectivity index (χ4v) is 3.69. The van der Waals surface area contributed by atoms with E-state index in [4.69, 9.17) is 38.9 Å². The zero-order chi connectivity index (χ0) is 21.1. The number of rotatable bonds is 2. The highest BCUT2D eigenvalue weighted by molar-refractivity contribution is 7.85. The minimum atomic E-state index is -3.67. The molecule has 0 bridgehead atoms. The standard InChI is InChI=1S/C16H11Cl2N3OS.CH4O3S/c17-11-5-1-4-9(14(11)18)8-3-2-6-12-10(8)7-13(23-12)15(22)21-16(19)20;1-5(2,3)4/h1-7H,(H4,19,20,21,22);1H3,(H,2,3,4). The Labute approximate surface area is 175 Å². The van der Waals surface area contributed by atoms with Gasteiger partial charge in [-0.05, 0) is 23.8 Å². The van der Waals surface area contributed by atoms with Crippen LogP contribution in [-0.2, 0) is 10.1 Å². The van der Waals surface area contributed by atoms with Crippen LogP contribution in [0.25, 0.3) is 21.2 Å². The first-order chi connectivity index (χ1) is 13.0. The number of benzene rings is 2. The molecular formula is C17H15Cl2N3O4S2. The largest absolute Gasteiger partial charge is 0.370 e. The van der Waals surface area contributed by atoms with Gasteiger partial charge in [-0.1, -0.05) is 47.5 Å². The van der Waals surface area contributed by atoms with E-state index >= 15 is 0 Å². The Hall–Kier alpha value is -2.17. The second kappa shape index (κ2) is 8.89. The molecule has 3 aromatic rings. The topological polar surface area (TPSA) is 133 Å². The third-order valence-corrected chi connectivity index (χ3v) is 5.19. The first kappa shape index (κ1) is 22.1. The van der Waals surface area contributed by atoms with E-state index in [1.165, 1.54) is 11.3 Å². The second-order valence-electron chi connectivity index (χ2n) is 5.53. The van der Waals surface area contributed by atoms with Crippen molar-refractivity contribution < 1.29 is 17.8 Å². The van der Waals surface area contributed by atoms with Crippen molar-refractivity contribution in [1.82, 2.24) is 5.32 Å². The summed E-state index contributed by atoms with van der Waals surface area (Å²) in [7, 11) is -3.67. The minimum absolute atomic E-state index is 0.384. The Morgan fingerprint density at radius 2 is 1.75 bits per heavy atom. The molecule has 0 atom stereocenters. The minimum Gasteiger partial charge on any atom is -0.370 e. The van der Waals surface area contributed by atoms with Crippen LogP contribution < -0.4 is 11.1 Å². The third-order valence-electron chi connectivity index (χ3n) is 3.28. The van der Waals surface area contributed by atoms with Crippen molar-refractivity contribution in [2.45, 2.75) is 0 Å². The smallest absolute Gasteiger partial charge is 0.268 e. The zero-order valence-corrected chi connectivity index (χ0v) is 17.5. The molecule has 0 spiro atoms. The molecule has 148 valence electrons. The molecule has 0 saturated carbocycles. The van der Waals surface area contributed by atoms with Gasteiger partial charge in [0.2, 0.25) is 0 Å². The number of nitrogens with one attached hydrogen (secondary N) is 2. The molecular weight excluding hydrogens is 445 g/mol. The SMILES string of the molecule is CS(=O)(=O)O.N=C(N)NC(=O)c1cc2c(-c3cccc(Cl)c3Cl)cccc2s1. The highest BCUT2D eigenvalue weighted by atomic mass is 35.5. The lowest BCUT2D eigenvalue weighted by Gasteiger charge is -2.07. The Bertz CT molecular complexity index is 1150. The molecule has 0 fully saturated rings. The fourth-order valence-electron chi connectivity index (χ4n) is 2.30. The maximum Gasteiger partial charge on any atom is 0.268 e. The van der Waals surface area contributed by atoms with Gasteiger partial charge < -0.3 is 5.73 Å². The number of hydrogen-bond acceptors (Lipinski definition) is 5. The molecule has 3 rings (SSSR count). The molecule has 0 saturated heterocycles. The lowest BCUT2D eigenvalue weighted by molar-refractivity contribution is 0.0980. The van der Waals surface area contributed by atoms with Crippen LogP contribution in [0.5, 0.6) is 0 Å². The van der Waals surface area contributed by atoms with Crippen molar-refractivity contribution in [3.63, 3.8) is 0 Å². The quantitative estimate of drug-likeness (QED) is 0.261. The number of carbonyl (C=O) groups is 1. The summed E-state index contributed by atoms with van der Waals surface area (Å²) in [5.74, 6) is -0.785. The van der Waals surface area contributed by atoms with Crippen LogP contribution in [-0.4, -0.2) is 31.1 Å². The molecule has 1 amide bonds. The molecule has 0 aliphatic rings. The van der Waals surface area contributed by atoms with Crippen LogP contribution in [0.1, 0.15) is 9.67 Å². The van der Waals surface area contributed by atoms with Gasteiger partial charge in [0.15, 0.2) is 5.96 Å². The molecule has 28 heavy (non-hydrogen) atoms.